The Morgan fingerprint density at radius 1 is 1.23 bits per heavy atom. The summed E-state index contributed by atoms with van der Waals surface area (Å²) in [6.45, 7) is 21.6. The third-order valence-corrected chi connectivity index (χ3v) is 3.86. The van der Waals surface area contributed by atoms with Crippen molar-refractivity contribution in [2.75, 3.05) is 13.1 Å². The van der Waals surface area contributed by atoms with Crippen molar-refractivity contribution in [3.8, 4) is 0 Å². The van der Waals surface area contributed by atoms with Crippen LogP contribution < -0.4 is 16.0 Å². The van der Waals surface area contributed by atoms with Gasteiger partial charge in [-0.1, -0.05) is 18.7 Å². The molecule has 1 aliphatic carbocycles. The minimum Gasteiger partial charge on any atom is -0.390 e. The Hall–Kier alpha value is -1.97. The lowest BCUT2D eigenvalue weighted by Gasteiger charge is -2.21. The lowest BCUT2D eigenvalue weighted by molar-refractivity contribution is 0.601. The Bertz CT molecular complexity index is 503. The molecule has 0 atom stereocenters. The van der Waals surface area contributed by atoms with E-state index in [1.165, 1.54) is 18.4 Å². The highest BCUT2D eigenvalue weighted by atomic mass is 15.1. The van der Waals surface area contributed by atoms with Crippen molar-refractivity contribution in [1.29, 1.82) is 0 Å². The zero-order valence-corrected chi connectivity index (χ0v) is 14.5. The summed E-state index contributed by atoms with van der Waals surface area (Å²) in [5.41, 5.74) is 4.48. The molecule has 0 bridgehead atoms. The van der Waals surface area contributed by atoms with Crippen LogP contribution in [0.1, 0.15) is 40.5 Å². The van der Waals surface area contributed by atoms with E-state index in [0.717, 1.165) is 35.8 Å². The first-order valence-corrected chi connectivity index (χ1v) is 7.75. The van der Waals surface area contributed by atoms with E-state index in [0.29, 0.717) is 0 Å². The summed E-state index contributed by atoms with van der Waals surface area (Å²) in [7, 11) is 0. The van der Waals surface area contributed by atoms with Crippen LogP contribution in [0.15, 0.2) is 52.6 Å². The van der Waals surface area contributed by atoms with E-state index in [4.69, 9.17) is 0 Å². The molecule has 0 radical (unpaired) electrons. The Labute approximate surface area is 135 Å². The van der Waals surface area contributed by atoms with Gasteiger partial charge < -0.3 is 16.0 Å². The van der Waals surface area contributed by atoms with Crippen LogP contribution in [-0.2, 0) is 0 Å². The zero-order valence-electron chi connectivity index (χ0n) is 14.5. The lowest BCUT2D eigenvalue weighted by atomic mass is 9.99. The SMILES string of the molecule is C=CNCCNC(=C)C(=C(C)C)/C(C)=C(/N=C)NC1(C)CC1. The summed E-state index contributed by atoms with van der Waals surface area (Å²) in [6, 6.07) is 0. The van der Waals surface area contributed by atoms with E-state index >= 15 is 0 Å². The standard InChI is InChI=1S/C18H30N4/c1-8-20-11-12-21-15(5)16(13(2)3)14(4)17(19-7)22-18(6)9-10-18/h8,20-22H,1,5,7,9-12H2,2-4,6H3/b17-14-. The molecule has 0 heterocycles. The maximum Gasteiger partial charge on any atom is 0.129 e. The van der Waals surface area contributed by atoms with Gasteiger partial charge >= 0.3 is 0 Å². The van der Waals surface area contributed by atoms with E-state index in [1.807, 2.05) is 0 Å². The third kappa shape index (κ3) is 5.10. The molecule has 1 rings (SSSR count). The highest BCUT2D eigenvalue weighted by Gasteiger charge is 2.38. The number of allylic oxidation sites excluding steroid dienone is 2. The topological polar surface area (TPSA) is 48.5 Å². The molecule has 4 heteroatoms. The van der Waals surface area contributed by atoms with Gasteiger partial charge in [-0.3, -0.25) is 0 Å². The minimum absolute atomic E-state index is 0.174. The summed E-state index contributed by atoms with van der Waals surface area (Å²) in [6.07, 6.45) is 4.04. The van der Waals surface area contributed by atoms with Crippen molar-refractivity contribution in [3.63, 3.8) is 0 Å². The largest absolute Gasteiger partial charge is 0.390 e. The second-order valence-electron chi connectivity index (χ2n) is 6.26. The summed E-state index contributed by atoms with van der Waals surface area (Å²) >= 11 is 0. The van der Waals surface area contributed by atoms with Gasteiger partial charge in [0.2, 0.25) is 0 Å². The first kappa shape index (κ1) is 18.1. The van der Waals surface area contributed by atoms with E-state index in [1.54, 1.807) is 6.20 Å². The Morgan fingerprint density at radius 3 is 2.32 bits per heavy atom. The van der Waals surface area contributed by atoms with Crippen molar-refractivity contribution in [2.45, 2.75) is 46.1 Å². The second kappa shape index (κ2) is 7.87. The minimum atomic E-state index is 0.174. The van der Waals surface area contributed by atoms with Crippen LogP contribution in [0.5, 0.6) is 0 Å². The molecule has 0 aromatic rings. The fourth-order valence-corrected chi connectivity index (χ4v) is 2.35. The Kier molecular flexibility index (Phi) is 6.47. The Morgan fingerprint density at radius 2 is 1.86 bits per heavy atom. The van der Waals surface area contributed by atoms with E-state index in [2.05, 4.69) is 68.5 Å². The fraction of sp³-hybridized carbons (Fsp3) is 0.500. The molecule has 0 spiro atoms. The molecule has 3 N–H and O–H groups in total. The molecule has 22 heavy (non-hydrogen) atoms. The van der Waals surface area contributed by atoms with E-state index < -0.39 is 0 Å². The van der Waals surface area contributed by atoms with Crippen molar-refractivity contribution >= 4 is 6.72 Å². The maximum absolute atomic E-state index is 4.20. The van der Waals surface area contributed by atoms with Gasteiger partial charge in [-0.05, 0) is 53.5 Å². The Balaban J connectivity index is 2.88. The molecule has 1 saturated carbocycles. The number of nitrogens with one attached hydrogen (secondary N) is 3. The average molecular weight is 302 g/mol. The van der Waals surface area contributed by atoms with Gasteiger partial charge in [0.1, 0.15) is 5.82 Å². The van der Waals surface area contributed by atoms with Gasteiger partial charge in [0.15, 0.2) is 0 Å². The molecule has 0 aromatic heterocycles. The average Bonchev–Trinajstić information content (AvgIpc) is 3.18. The summed E-state index contributed by atoms with van der Waals surface area (Å²) in [5, 5.41) is 9.92. The van der Waals surface area contributed by atoms with Gasteiger partial charge in [-0.25, -0.2) is 4.99 Å². The number of hydrogen-bond donors (Lipinski definition) is 3. The van der Waals surface area contributed by atoms with Crippen molar-refractivity contribution in [1.82, 2.24) is 16.0 Å². The smallest absolute Gasteiger partial charge is 0.129 e. The van der Waals surface area contributed by atoms with Crippen molar-refractivity contribution in [3.05, 3.63) is 47.6 Å². The van der Waals surface area contributed by atoms with Gasteiger partial charge in [0, 0.05) is 35.5 Å². The summed E-state index contributed by atoms with van der Waals surface area (Å²) in [5.74, 6) is 0.850. The van der Waals surface area contributed by atoms with Crippen LogP contribution in [0.3, 0.4) is 0 Å². The molecular weight excluding hydrogens is 272 g/mol. The van der Waals surface area contributed by atoms with Gasteiger partial charge in [0.05, 0.1) is 0 Å². The van der Waals surface area contributed by atoms with Crippen LogP contribution in [0.4, 0.5) is 0 Å². The van der Waals surface area contributed by atoms with Crippen molar-refractivity contribution < 1.29 is 0 Å². The molecule has 0 aliphatic heterocycles. The first-order valence-electron chi connectivity index (χ1n) is 7.75. The number of aliphatic imine (C=N–C) groups is 1. The van der Waals surface area contributed by atoms with Crippen molar-refractivity contribution in [2.24, 2.45) is 4.99 Å². The first-order chi connectivity index (χ1) is 10.3. The molecular formula is C18H30N4. The van der Waals surface area contributed by atoms with E-state index in [-0.39, 0.29) is 5.54 Å². The molecule has 1 fully saturated rings. The second-order valence-corrected chi connectivity index (χ2v) is 6.26. The lowest BCUT2D eigenvalue weighted by Crippen LogP contribution is -2.28. The predicted molar refractivity (Wildman–Crippen MR) is 96.7 cm³/mol. The molecule has 0 saturated heterocycles. The van der Waals surface area contributed by atoms with Crippen LogP contribution in [0.2, 0.25) is 0 Å². The molecule has 0 aromatic carbocycles. The van der Waals surface area contributed by atoms with Gasteiger partial charge in [0.25, 0.3) is 0 Å². The molecule has 0 amide bonds. The molecule has 4 nitrogen and oxygen atoms in total. The number of nitrogens with zero attached hydrogens (tertiary/aromatic N) is 1. The van der Waals surface area contributed by atoms with Gasteiger partial charge in [-0.15, -0.1) is 0 Å². The zero-order chi connectivity index (χ0) is 16.8. The van der Waals surface area contributed by atoms with Gasteiger partial charge in [-0.2, -0.15) is 0 Å². The van der Waals surface area contributed by atoms with E-state index in [9.17, 15) is 0 Å². The summed E-state index contributed by atoms with van der Waals surface area (Å²) < 4.78 is 0. The quantitative estimate of drug-likeness (QED) is 0.330. The van der Waals surface area contributed by atoms with Crippen LogP contribution >= 0.6 is 0 Å². The van der Waals surface area contributed by atoms with Crippen LogP contribution in [0.25, 0.3) is 0 Å². The molecule has 1 aliphatic rings. The summed E-state index contributed by atoms with van der Waals surface area (Å²) in [4.78, 5) is 4.20. The van der Waals surface area contributed by atoms with Crippen LogP contribution in [-0.4, -0.2) is 25.3 Å². The number of rotatable bonds is 10. The third-order valence-electron chi connectivity index (χ3n) is 3.86. The highest BCUT2D eigenvalue weighted by Crippen LogP contribution is 2.36. The highest BCUT2D eigenvalue weighted by molar-refractivity contribution is 5.49. The maximum atomic E-state index is 4.20. The normalized spacial score (nSPS) is 16.0. The molecule has 122 valence electrons. The van der Waals surface area contributed by atoms with Crippen LogP contribution in [0, 0.1) is 0 Å². The number of hydrogen-bond acceptors (Lipinski definition) is 4. The fourth-order valence-electron chi connectivity index (χ4n) is 2.35. The monoisotopic (exact) mass is 302 g/mol. The predicted octanol–water partition coefficient (Wildman–Crippen LogP) is 3.23. The molecule has 0 unspecified atom stereocenters.